The molecule has 2 atom stereocenters. The Balaban J connectivity index is 1.44. The fourth-order valence-electron chi connectivity index (χ4n) is 5.67. The lowest BCUT2D eigenvalue weighted by Crippen LogP contribution is -2.60. The third-order valence-corrected chi connectivity index (χ3v) is 7.06. The van der Waals surface area contributed by atoms with Crippen molar-refractivity contribution < 1.29 is 0 Å². The maximum Gasteiger partial charge on any atom is 0.305 e. The van der Waals surface area contributed by atoms with Crippen LogP contribution in [0.3, 0.4) is 0 Å². The minimum atomic E-state index is 0.228. The van der Waals surface area contributed by atoms with Gasteiger partial charge in [-0.1, -0.05) is 72.8 Å². The Hall–Kier alpha value is -4.05. The summed E-state index contributed by atoms with van der Waals surface area (Å²) in [5.41, 5.74) is 7.31. The van der Waals surface area contributed by atoms with Gasteiger partial charge in [-0.2, -0.15) is 0 Å². The number of allylic oxidation sites excluding steroid dienone is 8. The molecule has 0 radical (unpaired) electrons. The Morgan fingerprint density at radius 1 is 0.818 bits per heavy atom. The fraction of sp³-hybridized carbons (Fsp3) is 0.0690. The van der Waals surface area contributed by atoms with Gasteiger partial charge < -0.3 is 4.81 Å². The van der Waals surface area contributed by atoms with E-state index in [1.54, 1.807) is 0 Å². The molecule has 0 bridgehead atoms. The molecule has 0 saturated carbocycles. The number of anilines is 2. The molecule has 1 aromatic heterocycles. The minimum Gasteiger partial charge on any atom is -0.367 e. The van der Waals surface area contributed by atoms with Crippen LogP contribution >= 0.6 is 0 Å². The van der Waals surface area contributed by atoms with Crippen LogP contribution in [0, 0.1) is 5.92 Å². The molecule has 3 aromatic rings. The third-order valence-electron chi connectivity index (χ3n) is 7.06. The summed E-state index contributed by atoms with van der Waals surface area (Å²) in [4.78, 5) is 9.54. The SMILES string of the molecule is C1=CC2=CC3C=CC(c4ccccn4)=CC3B3c4ccccc4N(c4ccccc4)C(=C1)N32. The van der Waals surface area contributed by atoms with Crippen LogP contribution in [-0.2, 0) is 0 Å². The second-order valence-electron chi connectivity index (χ2n) is 8.87. The number of benzene rings is 2. The van der Waals surface area contributed by atoms with E-state index in [1.807, 2.05) is 12.3 Å². The molecule has 2 aromatic carbocycles. The van der Waals surface area contributed by atoms with Crippen molar-refractivity contribution in [3.8, 4) is 0 Å². The van der Waals surface area contributed by atoms with Gasteiger partial charge in [-0.3, -0.25) is 9.88 Å². The summed E-state index contributed by atoms with van der Waals surface area (Å²) in [5.74, 6) is 1.89. The Kier molecular flexibility index (Phi) is 4.06. The molecule has 3 nitrogen and oxygen atoms in total. The highest BCUT2D eigenvalue weighted by atomic mass is 15.3. The standard InChI is InChI=1S/C29H22BN3/c1-2-9-23(10-3-1)32-28-14-5-4-12-25(28)30-26-20-22(27-13-6-7-18-31-27)17-16-21(26)19-24-11-8-15-29(32)33(24)30/h1-21,26H. The summed E-state index contributed by atoms with van der Waals surface area (Å²) < 4.78 is 0. The van der Waals surface area contributed by atoms with Crippen LogP contribution in [0.1, 0.15) is 5.69 Å². The van der Waals surface area contributed by atoms with E-state index < -0.39 is 0 Å². The van der Waals surface area contributed by atoms with Gasteiger partial charge in [0.15, 0.2) is 0 Å². The molecule has 3 aliphatic heterocycles. The van der Waals surface area contributed by atoms with Crippen LogP contribution in [0.15, 0.2) is 133 Å². The first-order valence-electron chi connectivity index (χ1n) is 11.5. The quantitative estimate of drug-likeness (QED) is 0.495. The van der Waals surface area contributed by atoms with Gasteiger partial charge in [0.05, 0.1) is 5.69 Å². The van der Waals surface area contributed by atoms with Gasteiger partial charge in [0.1, 0.15) is 5.82 Å². The molecule has 4 aliphatic rings. The lowest BCUT2D eigenvalue weighted by molar-refractivity contribution is 0.575. The second-order valence-corrected chi connectivity index (χ2v) is 8.87. The molecule has 1 aliphatic carbocycles. The number of fused-ring (bicyclic) bond motifs is 4. The molecule has 2 unspecified atom stereocenters. The van der Waals surface area contributed by atoms with Crippen LogP contribution in [0.25, 0.3) is 5.57 Å². The van der Waals surface area contributed by atoms with E-state index in [2.05, 4.69) is 124 Å². The lowest BCUT2D eigenvalue weighted by atomic mass is 9.38. The largest absolute Gasteiger partial charge is 0.367 e. The number of pyridine rings is 1. The number of hydrogen-bond donors (Lipinski definition) is 0. The van der Waals surface area contributed by atoms with Crippen LogP contribution in [0.4, 0.5) is 11.4 Å². The first-order valence-corrected chi connectivity index (χ1v) is 11.5. The molecule has 0 N–H and O–H groups in total. The van der Waals surface area contributed by atoms with Crippen molar-refractivity contribution in [1.82, 2.24) is 9.79 Å². The number of nitrogens with zero attached hydrogens (tertiary/aromatic N) is 3. The van der Waals surface area contributed by atoms with Gasteiger partial charge in [-0.25, -0.2) is 0 Å². The van der Waals surface area contributed by atoms with Gasteiger partial charge in [0, 0.05) is 23.3 Å². The molecule has 0 spiro atoms. The Bertz CT molecular complexity index is 1380. The zero-order chi connectivity index (χ0) is 21.8. The van der Waals surface area contributed by atoms with Crippen molar-refractivity contribution in [2.24, 2.45) is 5.92 Å². The average molecular weight is 423 g/mol. The van der Waals surface area contributed by atoms with Crippen molar-refractivity contribution in [2.75, 3.05) is 4.90 Å². The van der Waals surface area contributed by atoms with E-state index in [1.165, 1.54) is 33.9 Å². The van der Waals surface area contributed by atoms with E-state index in [4.69, 9.17) is 0 Å². The van der Waals surface area contributed by atoms with Gasteiger partial charge in [0.25, 0.3) is 0 Å². The fourth-order valence-corrected chi connectivity index (χ4v) is 5.67. The van der Waals surface area contributed by atoms with Crippen LogP contribution in [0.5, 0.6) is 0 Å². The maximum absolute atomic E-state index is 4.62. The number of para-hydroxylation sites is 2. The molecule has 0 fully saturated rings. The van der Waals surface area contributed by atoms with Gasteiger partial charge in [-0.05, 0) is 65.3 Å². The molecular formula is C29H22BN3. The molecule has 4 heterocycles. The van der Waals surface area contributed by atoms with Crippen molar-refractivity contribution in [2.45, 2.75) is 5.82 Å². The van der Waals surface area contributed by atoms with Crippen LogP contribution < -0.4 is 10.4 Å². The number of aromatic nitrogens is 1. The van der Waals surface area contributed by atoms with E-state index >= 15 is 0 Å². The first-order chi connectivity index (χ1) is 16.4. The Morgan fingerprint density at radius 3 is 2.55 bits per heavy atom. The third kappa shape index (κ3) is 2.80. The first kappa shape index (κ1) is 18.5. The van der Waals surface area contributed by atoms with Crippen molar-refractivity contribution in [3.05, 3.63) is 139 Å². The summed E-state index contributed by atoms with van der Waals surface area (Å²) in [6.45, 7) is 0.228. The zero-order valence-corrected chi connectivity index (χ0v) is 18.1. The van der Waals surface area contributed by atoms with Gasteiger partial charge in [0.2, 0.25) is 0 Å². The Labute approximate surface area is 194 Å². The Morgan fingerprint density at radius 2 is 1.67 bits per heavy atom. The highest BCUT2D eigenvalue weighted by Crippen LogP contribution is 2.48. The van der Waals surface area contributed by atoms with Gasteiger partial charge in [-0.15, -0.1) is 0 Å². The zero-order valence-electron chi connectivity index (χ0n) is 18.1. The molecule has 33 heavy (non-hydrogen) atoms. The number of rotatable bonds is 2. The number of hydrogen-bond acceptors (Lipinski definition) is 3. The van der Waals surface area contributed by atoms with Crippen molar-refractivity contribution in [3.63, 3.8) is 0 Å². The summed E-state index contributed by atoms with van der Waals surface area (Å²) in [5, 5.41) is 0. The predicted octanol–water partition coefficient (Wildman–Crippen LogP) is 5.68. The monoisotopic (exact) mass is 423 g/mol. The topological polar surface area (TPSA) is 19.4 Å². The molecule has 0 saturated heterocycles. The minimum absolute atomic E-state index is 0.228. The van der Waals surface area contributed by atoms with Crippen molar-refractivity contribution >= 4 is 29.3 Å². The summed E-state index contributed by atoms with van der Waals surface area (Å²) >= 11 is 0. The highest BCUT2D eigenvalue weighted by molar-refractivity contribution is 6.76. The molecule has 4 heteroatoms. The molecular weight excluding hydrogens is 401 g/mol. The predicted molar refractivity (Wildman–Crippen MR) is 136 cm³/mol. The van der Waals surface area contributed by atoms with Crippen LogP contribution in [0.2, 0.25) is 5.82 Å². The van der Waals surface area contributed by atoms with E-state index in [0.717, 1.165) is 5.69 Å². The lowest BCUT2D eigenvalue weighted by Gasteiger charge is -2.52. The van der Waals surface area contributed by atoms with Crippen molar-refractivity contribution in [1.29, 1.82) is 0 Å². The summed E-state index contributed by atoms with van der Waals surface area (Å²) in [6, 6.07) is 25.7. The molecule has 7 rings (SSSR count). The molecule has 156 valence electrons. The normalized spacial score (nSPS) is 22.1. The smallest absolute Gasteiger partial charge is 0.305 e. The van der Waals surface area contributed by atoms with E-state index in [0.29, 0.717) is 11.7 Å². The summed E-state index contributed by atoms with van der Waals surface area (Å²) in [6.07, 6.45) is 18.0. The maximum atomic E-state index is 4.62. The molecule has 0 amide bonds. The second kappa shape index (κ2) is 7.24. The summed E-state index contributed by atoms with van der Waals surface area (Å²) in [7, 11) is 0. The average Bonchev–Trinajstić information content (AvgIpc) is 2.89. The van der Waals surface area contributed by atoms with E-state index in [9.17, 15) is 0 Å². The van der Waals surface area contributed by atoms with E-state index in [-0.39, 0.29) is 6.85 Å². The van der Waals surface area contributed by atoms with Crippen LogP contribution in [-0.4, -0.2) is 16.6 Å². The highest BCUT2D eigenvalue weighted by Gasteiger charge is 2.48. The van der Waals surface area contributed by atoms with Gasteiger partial charge >= 0.3 is 6.85 Å².